The highest BCUT2D eigenvalue weighted by atomic mass is 15.1. The maximum atomic E-state index is 5.90. The SMILES string of the molecule is Cc1cccc(-c2cc(NCCc3ccncc3)nc(N)n2)c1C. The summed E-state index contributed by atoms with van der Waals surface area (Å²) in [6.07, 6.45) is 4.50. The minimum atomic E-state index is 0.278. The fourth-order valence-corrected chi connectivity index (χ4v) is 2.61. The van der Waals surface area contributed by atoms with Gasteiger partial charge in [-0.1, -0.05) is 18.2 Å². The van der Waals surface area contributed by atoms with Crippen LogP contribution in [0.1, 0.15) is 16.7 Å². The molecule has 122 valence electrons. The molecule has 2 aromatic heterocycles. The molecule has 0 amide bonds. The summed E-state index contributed by atoms with van der Waals surface area (Å²) in [6, 6.07) is 12.2. The lowest BCUT2D eigenvalue weighted by Gasteiger charge is -2.11. The highest BCUT2D eigenvalue weighted by Gasteiger charge is 2.08. The molecule has 5 heteroatoms. The van der Waals surface area contributed by atoms with E-state index in [0.29, 0.717) is 0 Å². The number of nitrogen functional groups attached to an aromatic ring is 1. The van der Waals surface area contributed by atoms with Gasteiger partial charge < -0.3 is 11.1 Å². The first-order valence-electron chi connectivity index (χ1n) is 7.97. The Morgan fingerprint density at radius 1 is 1.04 bits per heavy atom. The number of nitrogens with one attached hydrogen (secondary N) is 1. The molecule has 0 radical (unpaired) electrons. The van der Waals surface area contributed by atoms with Crippen LogP contribution in [0.5, 0.6) is 0 Å². The predicted octanol–water partition coefficient (Wildman–Crippen LogP) is 3.39. The first-order valence-corrected chi connectivity index (χ1v) is 7.97. The van der Waals surface area contributed by atoms with E-state index in [-0.39, 0.29) is 5.95 Å². The van der Waals surface area contributed by atoms with E-state index in [1.807, 2.05) is 24.3 Å². The molecule has 1 aromatic carbocycles. The molecule has 0 unspecified atom stereocenters. The van der Waals surface area contributed by atoms with Crippen molar-refractivity contribution in [2.24, 2.45) is 0 Å². The van der Waals surface area contributed by atoms with Crippen molar-refractivity contribution >= 4 is 11.8 Å². The average Bonchev–Trinajstić information content (AvgIpc) is 2.58. The molecule has 0 saturated carbocycles. The van der Waals surface area contributed by atoms with Gasteiger partial charge in [0.15, 0.2) is 0 Å². The maximum absolute atomic E-state index is 5.90. The molecule has 0 spiro atoms. The summed E-state index contributed by atoms with van der Waals surface area (Å²) in [4.78, 5) is 12.7. The Kier molecular flexibility index (Phi) is 4.70. The summed E-state index contributed by atoms with van der Waals surface area (Å²) in [5, 5.41) is 3.33. The van der Waals surface area contributed by atoms with Crippen LogP contribution in [-0.2, 0) is 6.42 Å². The molecule has 0 aliphatic carbocycles. The minimum Gasteiger partial charge on any atom is -0.370 e. The number of pyridine rings is 1. The van der Waals surface area contributed by atoms with Gasteiger partial charge in [0, 0.05) is 30.6 Å². The van der Waals surface area contributed by atoms with Crippen molar-refractivity contribution in [3.63, 3.8) is 0 Å². The second-order valence-corrected chi connectivity index (χ2v) is 5.78. The Bertz CT molecular complexity index is 830. The number of nitrogens with zero attached hydrogens (tertiary/aromatic N) is 3. The van der Waals surface area contributed by atoms with Gasteiger partial charge in [0.25, 0.3) is 0 Å². The molecule has 0 bridgehead atoms. The van der Waals surface area contributed by atoms with Crippen LogP contribution < -0.4 is 11.1 Å². The second kappa shape index (κ2) is 7.08. The molecule has 0 aliphatic heterocycles. The van der Waals surface area contributed by atoms with E-state index in [0.717, 1.165) is 30.0 Å². The van der Waals surface area contributed by atoms with E-state index in [4.69, 9.17) is 5.73 Å². The van der Waals surface area contributed by atoms with Crippen molar-refractivity contribution in [1.82, 2.24) is 15.0 Å². The van der Waals surface area contributed by atoms with Gasteiger partial charge in [0.1, 0.15) is 5.82 Å². The van der Waals surface area contributed by atoms with Crippen molar-refractivity contribution < 1.29 is 0 Å². The maximum Gasteiger partial charge on any atom is 0.222 e. The Morgan fingerprint density at radius 3 is 2.62 bits per heavy atom. The number of rotatable bonds is 5. The van der Waals surface area contributed by atoms with E-state index >= 15 is 0 Å². The molecule has 0 aliphatic rings. The predicted molar refractivity (Wildman–Crippen MR) is 97.8 cm³/mol. The molecule has 2 heterocycles. The van der Waals surface area contributed by atoms with E-state index in [9.17, 15) is 0 Å². The summed E-state index contributed by atoms with van der Waals surface area (Å²) in [5.41, 5.74) is 11.5. The van der Waals surface area contributed by atoms with Gasteiger partial charge in [-0.2, -0.15) is 4.98 Å². The van der Waals surface area contributed by atoms with Crippen molar-refractivity contribution in [3.8, 4) is 11.3 Å². The molecule has 0 fully saturated rings. The number of aromatic nitrogens is 3. The van der Waals surface area contributed by atoms with Crippen LogP contribution in [0.25, 0.3) is 11.3 Å². The van der Waals surface area contributed by atoms with Crippen LogP contribution in [0.4, 0.5) is 11.8 Å². The number of anilines is 2. The third kappa shape index (κ3) is 3.68. The van der Waals surface area contributed by atoms with Crippen molar-refractivity contribution in [2.75, 3.05) is 17.6 Å². The lowest BCUT2D eigenvalue weighted by atomic mass is 10.0. The van der Waals surface area contributed by atoms with Gasteiger partial charge in [0.2, 0.25) is 5.95 Å². The second-order valence-electron chi connectivity index (χ2n) is 5.78. The van der Waals surface area contributed by atoms with Crippen LogP contribution in [0.15, 0.2) is 48.8 Å². The van der Waals surface area contributed by atoms with E-state index in [2.05, 4.69) is 46.2 Å². The van der Waals surface area contributed by atoms with Crippen LogP contribution >= 0.6 is 0 Å². The number of aryl methyl sites for hydroxylation is 1. The largest absolute Gasteiger partial charge is 0.370 e. The zero-order valence-electron chi connectivity index (χ0n) is 14.0. The first kappa shape index (κ1) is 15.9. The fraction of sp³-hybridized carbons (Fsp3) is 0.211. The first-order chi connectivity index (χ1) is 11.6. The molecule has 3 N–H and O–H groups in total. The molecule has 0 saturated heterocycles. The van der Waals surface area contributed by atoms with Gasteiger partial charge >= 0.3 is 0 Å². The Morgan fingerprint density at radius 2 is 1.83 bits per heavy atom. The third-order valence-electron chi connectivity index (χ3n) is 4.09. The van der Waals surface area contributed by atoms with E-state index in [1.165, 1.54) is 16.7 Å². The van der Waals surface area contributed by atoms with Crippen LogP contribution in [-0.4, -0.2) is 21.5 Å². The fourth-order valence-electron chi connectivity index (χ4n) is 2.61. The van der Waals surface area contributed by atoms with Crippen molar-refractivity contribution in [1.29, 1.82) is 0 Å². The summed E-state index contributed by atoms with van der Waals surface area (Å²) in [7, 11) is 0. The van der Waals surface area contributed by atoms with Gasteiger partial charge in [-0.15, -0.1) is 0 Å². The molecule has 5 nitrogen and oxygen atoms in total. The third-order valence-corrected chi connectivity index (χ3v) is 4.09. The van der Waals surface area contributed by atoms with Gasteiger partial charge in [0.05, 0.1) is 5.69 Å². The van der Waals surface area contributed by atoms with E-state index < -0.39 is 0 Å². The zero-order valence-corrected chi connectivity index (χ0v) is 14.0. The minimum absolute atomic E-state index is 0.278. The average molecular weight is 319 g/mol. The van der Waals surface area contributed by atoms with Crippen molar-refractivity contribution in [2.45, 2.75) is 20.3 Å². The summed E-state index contributed by atoms with van der Waals surface area (Å²) in [6.45, 7) is 4.96. The smallest absolute Gasteiger partial charge is 0.222 e. The molecular formula is C19H21N5. The van der Waals surface area contributed by atoms with Gasteiger partial charge in [-0.25, -0.2) is 4.98 Å². The highest BCUT2D eigenvalue weighted by Crippen LogP contribution is 2.25. The Balaban J connectivity index is 1.78. The molecular weight excluding hydrogens is 298 g/mol. The zero-order chi connectivity index (χ0) is 16.9. The lowest BCUT2D eigenvalue weighted by Crippen LogP contribution is -2.08. The molecule has 3 aromatic rings. The molecule has 24 heavy (non-hydrogen) atoms. The molecule has 3 rings (SSSR count). The quantitative estimate of drug-likeness (QED) is 0.754. The van der Waals surface area contributed by atoms with Gasteiger partial charge in [-0.3, -0.25) is 4.98 Å². The number of hydrogen-bond acceptors (Lipinski definition) is 5. The normalized spacial score (nSPS) is 10.6. The standard InChI is InChI=1S/C19H21N5/c1-13-4-3-5-16(14(13)2)17-12-18(24-19(20)23-17)22-11-8-15-6-9-21-10-7-15/h3-7,9-10,12H,8,11H2,1-2H3,(H3,20,22,23,24). The summed E-state index contributed by atoms with van der Waals surface area (Å²) in [5.74, 6) is 1.02. The summed E-state index contributed by atoms with van der Waals surface area (Å²) < 4.78 is 0. The van der Waals surface area contributed by atoms with E-state index in [1.54, 1.807) is 12.4 Å². The number of hydrogen-bond donors (Lipinski definition) is 2. The van der Waals surface area contributed by atoms with Gasteiger partial charge in [-0.05, 0) is 49.1 Å². The number of benzene rings is 1. The highest BCUT2D eigenvalue weighted by molar-refractivity contribution is 5.68. The number of nitrogens with two attached hydrogens (primary N) is 1. The van der Waals surface area contributed by atoms with Crippen LogP contribution in [0.2, 0.25) is 0 Å². The molecule has 0 atom stereocenters. The van der Waals surface area contributed by atoms with Crippen molar-refractivity contribution in [3.05, 3.63) is 65.5 Å². The van der Waals surface area contributed by atoms with Crippen LogP contribution in [0, 0.1) is 13.8 Å². The Hall–Kier alpha value is -2.95. The Labute approximate surface area is 142 Å². The summed E-state index contributed by atoms with van der Waals surface area (Å²) >= 11 is 0. The lowest BCUT2D eigenvalue weighted by molar-refractivity contribution is 0.996. The van der Waals surface area contributed by atoms with Crippen LogP contribution in [0.3, 0.4) is 0 Å². The monoisotopic (exact) mass is 319 g/mol. The topological polar surface area (TPSA) is 76.7 Å².